The predicted octanol–water partition coefficient (Wildman–Crippen LogP) is 3.10. The van der Waals surface area contributed by atoms with Gasteiger partial charge in [-0.25, -0.2) is 0 Å². The predicted molar refractivity (Wildman–Crippen MR) is 138 cm³/mol. The van der Waals surface area contributed by atoms with Gasteiger partial charge in [-0.1, -0.05) is 84.9 Å². The van der Waals surface area contributed by atoms with Gasteiger partial charge in [0.2, 0.25) is 0 Å². The average molecular weight is 511 g/mol. The highest BCUT2D eigenvalue weighted by Gasteiger charge is 2.49. The molecule has 0 aliphatic heterocycles. The Balaban J connectivity index is 0.00000259. The van der Waals surface area contributed by atoms with Crippen LogP contribution >= 0.6 is 7.26 Å². The Morgan fingerprint density at radius 1 is 0.394 bits per heavy atom. The van der Waals surface area contributed by atoms with Gasteiger partial charge in [0.05, 0.1) is 0 Å². The van der Waals surface area contributed by atoms with Crippen molar-refractivity contribution < 1.29 is 21.7 Å². The Morgan fingerprint density at radius 3 is 1.21 bits per heavy atom. The summed E-state index contributed by atoms with van der Waals surface area (Å²) >= 11 is 0. The fraction of sp³-hybridized carbons (Fsp3) is 0. The molecule has 33 heavy (non-hydrogen) atoms. The highest BCUT2D eigenvalue weighted by atomic mass is 79.9. The highest BCUT2D eigenvalue weighted by molar-refractivity contribution is 8.01. The van der Waals surface area contributed by atoms with Crippen molar-refractivity contribution in [1.82, 2.24) is 0 Å². The van der Waals surface area contributed by atoms with E-state index < -0.39 is 7.26 Å². The molecule has 0 aliphatic carbocycles. The minimum Gasteiger partial charge on any atom is -1.00 e. The molecule has 0 atom stereocenters. The van der Waals surface area contributed by atoms with Crippen LogP contribution in [0.4, 0.5) is 0 Å². The molecule has 0 N–H and O–H groups in total. The summed E-state index contributed by atoms with van der Waals surface area (Å²) in [5, 5.41) is 5.14. The van der Waals surface area contributed by atoms with E-state index in [1.807, 2.05) is 30.3 Å². The van der Waals surface area contributed by atoms with Crippen molar-refractivity contribution in [3.8, 4) is 11.5 Å². The van der Waals surface area contributed by atoms with Gasteiger partial charge in [-0.3, -0.25) is 0 Å². The first kappa shape index (κ1) is 23.0. The second-order valence-corrected chi connectivity index (χ2v) is 10.9. The van der Waals surface area contributed by atoms with Crippen LogP contribution in [-0.4, -0.2) is 0 Å². The minimum atomic E-state index is -2.21. The van der Waals surface area contributed by atoms with E-state index in [9.17, 15) is 0 Å². The monoisotopic (exact) mass is 510 g/mol. The van der Waals surface area contributed by atoms with Crippen molar-refractivity contribution in [3.05, 3.63) is 146 Å². The number of hydrogen-bond acceptors (Lipinski definition) is 1. The van der Waals surface area contributed by atoms with Crippen LogP contribution in [-0.2, 0) is 0 Å². The molecule has 0 saturated heterocycles. The van der Waals surface area contributed by atoms with E-state index in [4.69, 9.17) is 4.74 Å². The largest absolute Gasteiger partial charge is 1.00 e. The molecular weight excluding hydrogens is 487 g/mol. The third kappa shape index (κ3) is 4.50. The molecule has 0 saturated carbocycles. The minimum absolute atomic E-state index is 0. The second kappa shape index (κ2) is 10.6. The Labute approximate surface area is 206 Å². The lowest BCUT2D eigenvalue weighted by molar-refractivity contribution is -0.00000657. The summed E-state index contributed by atoms with van der Waals surface area (Å²) in [5.41, 5.74) is 0. The van der Waals surface area contributed by atoms with Crippen LogP contribution in [0.25, 0.3) is 0 Å². The second-order valence-electron chi connectivity index (χ2n) is 7.56. The van der Waals surface area contributed by atoms with E-state index in [1.54, 1.807) is 0 Å². The molecule has 5 rings (SSSR count). The van der Waals surface area contributed by atoms with Crippen molar-refractivity contribution in [2.75, 3.05) is 0 Å². The molecule has 0 radical (unpaired) electrons. The summed E-state index contributed by atoms with van der Waals surface area (Å²) in [6.07, 6.45) is 0. The molecule has 3 heteroatoms. The van der Waals surface area contributed by atoms with Gasteiger partial charge < -0.3 is 21.7 Å². The Bertz CT molecular complexity index is 1180. The van der Waals surface area contributed by atoms with Crippen molar-refractivity contribution in [2.24, 2.45) is 0 Å². The standard InChI is InChI=1S/C30H24OP.BrH/c1-5-15-25(16-6-1)31-29-23-13-14-24-30(29)32(26-17-7-2-8-18-26,27-19-9-3-10-20-27)28-21-11-4-12-22-28;/h1-24H;1H/q+1;/p-1. The summed E-state index contributed by atoms with van der Waals surface area (Å²) in [6, 6.07) is 51.1. The molecule has 0 bridgehead atoms. The molecular formula is C30H24BrOP. The SMILES string of the molecule is [Br-].c1ccc(Oc2ccccc2[P+](c2ccccc2)(c2ccccc2)c2ccccc2)cc1. The lowest BCUT2D eigenvalue weighted by atomic mass is 10.3. The van der Waals surface area contributed by atoms with Crippen LogP contribution in [0.15, 0.2) is 146 Å². The van der Waals surface area contributed by atoms with Crippen molar-refractivity contribution in [1.29, 1.82) is 0 Å². The normalized spacial score (nSPS) is 10.8. The maximum atomic E-state index is 6.51. The van der Waals surface area contributed by atoms with Gasteiger partial charge in [0.25, 0.3) is 0 Å². The summed E-state index contributed by atoms with van der Waals surface area (Å²) < 4.78 is 6.51. The molecule has 0 spiro atoms. The average Bonchev–Trinajstić information content (AvgIpc) is 2.88. The molecule has 0 unspecified atom stereocenters. The number of rotatable bonds is 6. The quantitative estimate of drug-likeness (QED) is 0.319. The Morgan fingerprint density at radius 2 is 0.758 bits per heavy atom. The molecule has 162 valence electrons. The van der Waals surface area contributed by atoms with E-state index >= 15 is 0 Å². The fourth-order valence-electron chi connectivity index (χ4n) is 4.26. The van der Waals surface area contributed by atoms with Crippen LogP contribution in [0.1, 0.15) is 0 Å². The van der Waals surface area contributed by atoms with Gasteiger partial charge in [0, 0.05) is 0 Å². The number of ether oxygens (including phenoxy) is 1. The Hall–Kier alpha value is -3.19. The van der Waals surface area contributed by atoms with E-state index in [1.165, 1.54) is 21.2 Å². The first-order valence-electron chi connectivity index (χ1n) is 10.8. The molecule has 0 aromatic heterocycles. The van der Waals surface area contributed by atoms with Gasteiger partial charge in [-0.05, 0) is 60.7 Å². The van der Waals surface area contributed by atoms with E-state index in [0.29, 0.717) is 0 Å². The summed E-state index contributed by atoms with van der Waals surface area (Å²) in [4.78, 5) is 0. The first-order valence-corrected chi connectivity index (χ1v) is 12.6. The lowest BCUT2D eigenvalue weighted by Crippen LogP contribution is -3.00. The molecule has 0 aliphatic rings. The van der Waals surface area contributed by atoms with Gasteiger partial charge in [-0.15, -0.1) is 0 Å². The van der Waals surface area contributed by atoms with E-state index in [-0.39, 0.29) is 17.0 Å². The third-order valence-corrected chi connectivity index (χ3v) is 9.94. The summed E-state index contributed by atoms with van der Waals surface area (Å²) in [7, 11) is -2.21. The number of benzene rings is 5. The number of halogens is 1. The molecule has 5 aromatic carbocycles. The molecule has 0 heterocycles. The summed E-state index contributed by atoms with van der Waals surface area (Å²) in [5.74, 6) is 1.73. The highest BCUT2D eigenvalue weighted by Crippen LogP contribution is 2.56. The van der Waals surface area contributed by atoms with Gasteiger partial charge in [0.1, 0.15) is 28.9 Å². The van der Waals surface area contributed by atoms with Crippen molar-refractivity contribution in [2.45, 2.75) is 0 Å². The van der Waals surface area contributed by atoms with E-state index in [2.05, 4.69) is 115 Å². The molecule has 0 amide bonds. The number of hydrogen-bond donors (Lipinski definition) is 0. The van der Waals surface area contributed by atoms with Crippen LogP contribution < -0.4 is 42.9 Å². The zero-order chi connectivity index (χ0) is 21.6. The maximum Gasteiger partial charge on any atom is 0.170 e. The van der Waals surface area contributed by atoms with Crippen LogP contribution in [0.3, 0.4) is 0 Å². The fourth-order valence-corrected chi connectivity index (χ4v) is 8.60. The van der Waals surface area contributed by atoms with Crippen LogP contribution in [0, 0.1) is 0 Å². The van der Waals surface area contributed by atoms with Gasteiger partial charge in [-0.2, -0.15) is 0 Å². The molecule has 0 fully saturated rings. The van der Waals surface area contributed by atoms with Crippen LogP contribution in [0.5, 0.6) is 11.5 Å². The third-order valence-electron chi connectivity index (χ3n) is 5.63. The maximum absolute atomic E-state index is 6.51. The topological polar surface area (TPSA) is 9.23 Å². The van der Waals surface area contributed by atoms with E-state index in [0.717, 1.165) is 11.5 Å². The summed E-state index contributed by atoms with van der Waals surface area (Å²) in [6.45, 7) is 0. The number of para-hydroxylation sites is 2. The van der Waals surface area contributed by atoms with Crippen molar-refractivity contribution >= 4 is 28.5 Å². The van der Waals surface area contributed by atoms with Crippen LogP contribution in [0.2, 0.25) is 0 Å². The molecule has 5 aromatic rings. The zero-order valence-electron chi connectivity index (χ0n) is 18.1. The van der Waals surface area contributed by atoms with Crippen molar-refractivity contribution in [3.63, 3.8) is 0 Å². The zero-order valence-corrected chi connectivity index (χ0v) is 20.6. The Kier molecular flexibility index (Phi) is 7.40. The smallest absolute Gasteiger partial charge is 0.170 e. The van der Waals surface area contributed by atoms with Gasteiger partial charge in [0.15, 0.2) is 11.1 Å². The molecule has 1 nitrogen and oxygen atoms in total. The van der Waals surface area contributed by atoms with Gasteiger partial charge >= 0.3 is 0 Å². The first-order chi connectivity index (χ1) is 15.9. The lowest BCUT2D eigenvalue weighted by Gasteiger charge is -2.28.